The van der Waals surface area contributed by atoms with E-state index in [0.29, 0.717) is 0 Å². The summed E-state index contributed by atoms with van der Waals surface area (Å²) in [7, 11) is 0. The molecule has 47 heavy (non-hydrogen) atoms. The van der Waals surface area contributed by atoms with Crippen LogP contribution in [0.2, 0.25) is 0 Å². The van der Waals surface area contributed by atoms with Gasteiger partial charge in [-0.25, -0.2) is 0 Å². The summed E-state index contributed by atoms with van der Waals surface area (Å²) < 4.78 is 60.2. The lowest BCUT2D eigenvalue weighted by atomic mass is 9.96. The molecule has 0 aromatic carbocycles. The van der Waals surface area contributed by atoms with Crippen molar-refractivity contribution >= 4 is 47.8 Å². The number of hydrogen-bond acceptors (Lipinski definition) is 19. The second-order valence-corrected chi connectivity index (χ2v) is 10.3. The van der Waals surface area contributed by atoms with Crippen molar-refractivity contribution in [2.45, 2.75) is 117 Å². The Morgan fingerprint density at radius 2 is 0.702 bits per heavy atom. The highest BCUT2D eigenvalue weighted by Gasteiger charge is 2.58. The molecule has 264 valence electrons. The van der Waals surface area contributed by atoms with Crippen molar-refractivity contribution in [1.82, 2.24) is 0 Å². The van der Waals surface area contributed by atoms with Crippen LogP contribution in [-0.2, 0) is 90.5 Å². The summed E-state index contributed by atoms with van der Waals surface area (Å²) >= 11 is 0. The summed E-state index contributed by atoms with van der Waals surface area (Å²) in [6.45, 7) is 7.05. The molecule has 2 rings (SSSR count). The maximum absolute atomic E-state index is 12.3. The van der Waals surface area contributed by atoms with Gasteiger partial charge in [-0.2, -0.15) is 0 Å². The van der Waals surface area contributed by atoms with Crippen molar-refractivity contribution in [2.75, 3.05) is 13.2 Å². The van der Waals surface area contributed by atoms with E-state index in [1.807, 2.05) is 0 Å². The third kappa shape index (κ3) is 12.1. The number of esters is 8. The molecule has 2 heterocycles. The van der Waals surface area contributed by atoms with Crippen molar-refractivity contribution in [3.05, 3.63) is 0 Å². The molecule has 0 bridgehead atoms. The van der Waals surface area contributed by atoms with Gasteiger partial charge in [-0.15, -0.1) is 0 Å². The van der Waals surface area contributed by atoms with E-state index in [1.165, 1.54) is 0 Å². The molecule has 0 N–H and O–H groups in total. The van der Waals surface area contributed by atoms with Crippen LogP contribution in [0.3, 0.4) is 0 Å². The third-order valence-corrected chi connectivity index (χ3v) is 6.17. The highest BCUT2D eigenvalue weighted by Crippen LogP contribution is 2.35. The predicted octanol–water partition coefficient (Wildman–Crippen LogP) is -0.831. The van der Waals surface area contributed by atoms with E-state index in [0.717, 1.165) is 55.4 Å². The molecule has 10 atom stereocenters. The summed E-state index contributed by atoms with van der Waals surface area (Å²) in [4.78, 5) is 96.3. The van der Waals surface area contributed by atoms with Crippen LogP contribution in [0, 0.1) is 0 Å². The first-order valence-corrected chi connectivity index (χ1v) is 14.2. The van der Waals surface area contributed by atoms with Crippen LogP contribution in [-0.4, -0.2) is 122 Å². The number of carbonyl (C=O) groups excluding carboxylic acids is 8. The zero-order chi connectivity index (χ0) is 35.6. The van der Waals surface area contributed by atoms with Crippen LogP contribution in [0.4, 0.5) is 0 Å². The van der Waals surface area contributed by atoms with Crippen LogP contribution < -0.4 is 0 Å². The first-order valence-electron chi connectivity index (χ1n) is 14.2. The van der Waals surface area contributed by atoms with E-state index in [9.17, 15) is 38.4 Å². The second kappa shape index (κ2) is 17.5. The monoisotopic (exact) mass is 678 g/mol. The van der Waals surface area contributed by atoms with E-state index < -0.39 is 122 Å². The van der Waals surface area contributed by atoms with E-state index in [1.54, 1.807) is 0 Å². The lowest BCUT2D eigenvalue weighted by Gasteiger charge is -2.48. The average molecular weight is 679 g/mol. The molecule has 19 heteroatoms. The van der Waals surface area contributed by atoms with Gasteiger partial charge in [0.05, 0.1) is 0 Å². The number of ether oxygens (including phenoxy) is 11. The molecule has 0 aliphatic carbocycles. The molecular formula is C28H38O19. The standard InChI is InChI=1S/C28H38O19/c1-11(29)37-9-19-21(39-13(3)31)23(40-14(4)32)26(43-17(7)35)28(46-19)47-22-20(10-38-12(2)30)45-27(44-18(8)36)25(42-16(6)34)24(22)41-15(5)33/h19-28H,9-10H2,1-8H3/t19-,20-,21+,22-,23+,24+,25-,26-,27?,28+/m1/s1. The van der Waals surface area contributed by atoms with Gasteiger partial charge in [0.25, 0.3) is 0 Å². The van der Waals surface area contributed by atoms with Crippen LogP contribution in [0.15, 0.2) is 0 Å². The zero-order valence-electron chi connectivity index (χ0n) is 26.9. The van der Waals surface area contributed by atoms with Crippen molar-refractivity contribution < 1.29 is 90.5 Å². The maximum Gasteiger partial charge on any atom is 0.305 e. The average Bonchev–Trinajstić information content (AvgIpc) is 2.91. The molecule has 0 radical (unpaired) electrons. The minimum Gasteiger partial charge on any atom is -0.463 e. The Balaban J connectivity index is 2.73. The fourth-order valence-corrected chi connectivity index (χ4v) is 4.73. The third-order valence-electron chi connectivity index (χ3n) is 6.17. The quantitative estimate of drug-likeness (QED) is 0.181. The van der Waals surface area contributed by atoms with Crippen molar-refractivity contribution in [3.63, 3.8) is 0 Å². The molecule has 2 saturated heterocycles. The molecule has 2 fully saturated rings. The van der Waals surface area contributed by atoms with E-state index >= 15 is 0 Å². The van der Waals surface area contributed by atoms with Crippen molar-refractivity contribution in [3.8, 4) is 0 Å². The zero-order valence-corrected chi connectivity index (χ0v) is 26.9. The lowest BCUT2D eigenvalue weighted by Crippen LogP contribution is -2.67. The smallest absolute Gasteiger partial charge is 0.305 e. The Hall–Kier alpha value is -4.36. The Morgan fingerprint density at radius 1 is 0.383 bits per heavy atom. The highest BCUT2D eigenvalue weighted by atomic mass is 16.8. The van der Waals surface area contributed by atoms with E-state index in [2.05, 4.69) is 0 Å². The fraction of sp³-hybridized carbons (Fsp3) is 0.714. The molecule has 0 amide bonds. The molecule has 0 spiro atoms. The summed E-state index contributed by atoms with van der Waals surface area (Å²) in [5, 5.41) is 0. The predicted molar refractivity (Wildman–Crippen MR) is 145 cm³/mol. The van der Waals surface area contributed by atoms with Gasteiger partial charge in [0, 0.05) is 55.4 Å². The first kappa shape index (κ1) is 38.8. The Kier molecular flexibility index (Phi) is 14.5. The van der Waals surface area contributed by atoms with Crippen LogP contribution >= 0.6 is 0 Å². The van der Waals surface area contributed by atoms with Gasteiger partial charge in [-0.05, 0) is 0 Å². The fourth-order valence-electron chi connectivity index (χ4n) is 4.73. The normalized spacial score (nSPS) is 30.0. The number of rotatable bonds is 12. The minimum atomic E-state index is -1.83. The first-order chi connectivity index (χ1) is 21.9. The van der Waals surface area contributed by atoms with E-state index in [-0.39, 0.29) is 0 Å². The summed E-state index contributed by atoms with van der Waals surface area (Å²) in [5.41, 5.74) is 0. The minimum absolute atomic E-state index is 0.590. The van der Waals surface area contributed by atoms with Gasteiger partial charge < -0.3 is 52.1 Å². The van der Waals surface area contributed by atoms with Crippen molar-refractivity contribution in [1.29, 1.82) is 0 Å². The van der Waals surface area contributed by atoms with Gasteiger partial charge in [0.1, 0.15) is 31.5 Å². The molecule has 1 unspecified atom stereocenters. The summed E-state index contributed by atoms with van der Waals surface area (Å²) in [5.74, 6) is -7.02. The van der Waals surface area contributed by atoms with Gasteiger partial charge in [0.2, 0.25) is 12.4 Å². The molecule has 2 aliphatic heterocycles. The lowest BCUT2D eigenvalue weighted by molar-refractivity contribution is -0.357. The van der Waals surface area contributed by atoms with Crippen LogP contribution in [0.5, 0.6) is 0 Å². The summed E-state index contributed by atoms with van der Waals surface area (Å²) in [6, 6.07) is 0. The Labute approximate surface area is 268 Å². The molecule has 0 aromatic heterocycles. The van der Waals surface area contributed by atoms with Crippen LogP contribution in [0.25, 0.3) is 0 Å². The molecular weight excluding hydrogens is 640 g/mol. The molecule has 0 saturated carbocycles. The number of carbonyl (C=O) groups is 8. The van der Waals surface area contributed by atoms with Gasteiger partial charge in [-0.3, -0.25) is 38.4 Å². The van der Waals surface area contributed by atoms with Gasteiger partial charge in [-0.1, -0.05) is 0 Å². The van der Waals surface area contributed by atoms with Crippen LogP contribution in [0.1, 0.15) is 55.4 Å². The molecule has 2 aliphatic rings. The second-order valence-electron chi connectivity index (χ2n) is 10.3. The Morgan fingerprint density at radius 3 is 1.11 bits per heavy atom. The van der Waals surface area contributed by atoms with Crippen molar-refractivity contribution in [2.24, 2.45) is 0 Å². The summed E-state index contributed by atoms with van der Waals surface area (Å²) in [6.07, 6.45) is -16.3. The van der Waals surface area contributed by atoms with Gasteiger partial charge in [0.15, 0.2) is 30.7 Å². The largest absolute Gasteiger partial charge is 0.463 e. The molecule has 0 aromatic rings. The van der Waals surface area contributed by atoms with Gasteiger partial charge >= 0.3 is 47.8 Å². The molecule has 19 nitrogen and oxygen atoms in total. The van der Waals surface area contributed by atoms with E-state index in [4.69, 9.17) is 52.1 Å². The topological polar surface area (TPSA) is 238 Å². The Bertz CT molecular complexity index is 1200. The SMILES string of the molecule is CC(=O)OC[C@H]1O[C@@H](O[C@H]2[C@H](OC(C)=O)[C@@H](OC(C)=O)C(OC(C)=O)O[C@@H]2COC(C)=O)[C@H](OC(C)=O)[C@@H](OC(C)=O)[C@H]1OC(C)=O. The number of hydrogen-bond donors (Lipinski definition) is 0. The highest BCUT2D eigenvalue weighted by molar-refractivity contribution is 5.70. The maximum atomic E-state index is 12.3.